The van der Waals surface area contributed by atoms with Crippen LogP contribution in [0.2, 0.25) is 0 Å². The maximum atomic E-state index is 12.6. The summed E-state index contributed by atoms with van der Waals surface area (Å²) in [7, 11) is 0. The van der Waals surface area contributed by atoms with Gasteiger partial charge in [0.05, 0.1) is 4.92 Å². The van der Waals surface area contributed by atoms with Crippen molar-refractivity contribution in [1.82, 2.24) is 15.1 Å². The van der Waals surface area contributed by atoms with E-state index in [2.05, 4.69) is 10.2 Å². The van der Waals surface area contributed by atoms with Crippen LogP contribution in [0.5, 0.6) is 0 Å². The van der Waals surface area contributed by atoms with Gasteiger partial charge in [-0.15, -0.1) is 0 Å². The molecule has 0 spiro atoms. The Hall–Kier alpha value is -2.19. The number of carbonyl (C=O) groups excluding carboxylic acids is 1. The molecule has 0 saturated carbocycles. The van der Waals surface area contributed by atoms with Crippen molar-refractivity contribution in [2.45, 2.75) is 12.5 Å². The molecule has 3 rings (SSSR count). The fraction of sp³-hybridized carbons (Fsp3) is 0.533. The summed E-state index contributed by atoms with van der Waals surface area (Å²) in [5, 5.41) is 14.3. The predicted molar refractivity (Wildman–Crippen MR) is 86.3 cm³/mol. The number of nitro groups is 1. The van der Waals surface area contributed by atoms with Crippen LogP contribution < -0.4 is 11.1 Å². The zero-order chi connectivity index (χ0) is 16.4. The highest BCUT2D eigenvalue weighted by Crippen LogP contribution is 2.25. The highest BCUT2D eigenvalue weighted by Gasteiger charge is 2.31. The molecule has 23 heavy (non-hydrogen) atoms. The summed E-state index contributed by atoms with van der Waals surface area (Å²) in [6.07, 6.45) is 0.947. The van der Waals surface area contributed by atoms with E-state index in [-0.39, 0.29) is 17.3 Å². The monoisotopic (exact) mass is 319 g/mol. The first-order valence-corrected chi connectivity index (χ1v) is 7.84. The molecule has 2 saturated heterocycles. The number of carbonyl (C=O) groups is 1. The summed E-state index contributed by atoms with van der Waals surface area (Å²) >= 11 is 0. The van der Waals surface area contributed by atoms with E-state index < -0.39 is 4.92 Å². The minimum atomic E-state index is -0.556. The highest BCUT2D eigenvalue weighted by molar-refractivity contribution is 5.95. The molecule has 1 aromatic rings. The van der Waals surface area contributed by atoms with Gasteiger partial charge in [-0.1, -0.05) is 0 Å². The van der Waals surface area contributed by atoms with Gasteiger partial charge in [0.2, 0.25) is 0 Å². The van der Waals surface area contributed by atoms with Gasteiger partial charge in [0.1, 0.15) is 5.69 Å². The topological polar surface area (TPSA) is 105 Å². The first-order valence-electron chi connectivity index (χ1n) is 7.84. The normalized spacial score (nSPS) is 22.3. The van der Waals surface area contributed by atoms with Crippen LogP contribution in [0.4, 0.5) is 11.4 Å². The second-order valence-corrected chi connectivity index (χ2v) is 6.01. The first kappa shape index (κ1) is 15.7. The summed E-state index contributed by atoms with van der Waals surface area (Å²) in [5.41, 5.74) is 5.77. The lowest BCUT2D eigenvalue weighted by atomic mass is 10.1. The predicted octanol–water partition coefficient (Wildman–Crippen LogP) is 0.297. The lowest BCUT2D eigenvalue weighted by Crippen LogP contribution is -2.49. The number of nitrogens with two attached hydrogens (primary N) is 1. The third kappa shape index (κ3) is 3.27. The van der Waals surface area contributed by atoms with Gasteiger partial charge < -0.3 is 16.0 Å². The van der Waals surface area contributed by atoms with E-state index >= 15 is 0 Å². The Kier molecular flexibility index (Phi) is 4.44. The standard InChI is InChI=1S/C15H21N5O3/c16-13-2-1-11(9-14(13)20(22)23)15(21)19-6-3-12(10-19)18-7-4-17-5-8-18/h1-2,9,12,17H,3-8,10,16H2. The molecule has 2 heterocycles. The number of hydrogen-bond acceptors (Lipinski definition) is 6. The Balaban J connectivity index is 1.69. The zero-order valence-corrected chi connectivity index (χ0v) is 12.9. The summed E-state index contributed by atoms with van der Waals surface area (Å²) in [5.74, 6) is -0.161. The minimum Gasteiger partial charge on any atom is -0.393 e. The fourth-order valence-electron chi connectivity index (χ4n) is 3.29. The van der Waals surface area contributed by atoms with Crippen LogP contribution in [0.15, 0.2) is 18.2 Å². The molecule has 8 heteroatoms. The van der Waals surface area contributed by atoms with Gasteiger partial charge in [-0.25, -0.2) is 0 Å². The average molecular weight is 319 g/mol. The second-order valence-electron chi connectivity index (χ2n) is 6.01. The molecule has 124 valence electrons. The second kappa shape index (κ2) is 6.51. The van der Waals surface area contributed by atoms with Crippen LogP contribution in [0.25, 0.3) is 0 Å². The maximum absolute atomic E-state index is 12.6. The van der Waals surface area contributed by atoms with Crippen LogP contribution in [-0.2, 0) is 0 Å². The summed E-state index contributed by atoms with van der Waals surface area (Å²) < 4.78 is 0. The van der Waals surface area contributed by atoms with Gasteiger partial charge in [-0.2, -0.15) is 0 Å². The summed E-state index contributed by atoms with van der Waals surface area (Å²) in [4.78, 5) is 27.2. The zero-order valence-electron chi connectivity index (χ0n) is 12.9. The molecule has 8 nitrogen and oxygen atoms in total. The lowest BCUT2D eigenvalue weighted by Gasteiger charge is -2.32. The number of likely N-dealkylation sites (tertiary alicyclic amines) is 1. The Morgan fingerprint density at radius 2 is 2.04 bits per heavy atom. The minimum absolute atomic E-state index is 0.0756. The number of nitrogen functional groups attached to an aromatic ring is 1. The maximum Gasteiger partial charge on any atom is 0.292 e. The molecule has 1 unspecified atom stereocenters. The molecule has 0 aromatic heterocycles. The molecular weight excluding hydrogens is 298 g/mol. The summed E-state index contributed by atoms with van der Waals surface area (Å²) in [6, 6.07) is 4.64. The van der Waals surface area contributed by atoms with E-state index in [1.165, 1.54) is 12.1 Å². The molecule has 0 bridgehead atoms. The van der Waals surface area contributed by atoms with Crippen molar-refractivity contribution in [3.63, 3.8) is 0 Å². The number of hydrogen-bond donors (Lipinski definition) is 2. The first-order chi connectivity index (χ1) is 11.1. The average Bonchev–Trinajstić information content (AvgIpc) is 3.05. The number of nitrogens with one attached hydrogen (secondary N) is 1. The van der Waals surface area contributed by atoms with Crippen molar-refractivity contribution >= 4 is 17.3 Å². The van der Waals surface area contributed by atoms with Crippen LogP contribution in [-0.4, -0.2) is 65.9 Å². The van der Waals surface area contributed by atoms with Gasteiger partial charge in [-0.05, 0) is 18.6 Å². The quantitative estimate of drug-likeness (QED) is 0.471. The van der Waals surface area contributed by atoms with Crippen molar-refractivity contribution in [3.8, 4) is 0 Å². The smallest absolute Gasteiger partial charge is 0.292 e. The van der Waals surface area contributed by atoms with Crippen LogP contribution in [0.3, 0.4) is 0 Å². The van der Waals surface area contributed by atoms with Gasteiger partial charge in [0.25, 0.3) is 11.6 Å². The Labute approximate surface area is 134 Å². The van der Waals surface area contributed by atoms with E-state index in [9.17, 15) is 14.9 Å². The third-order valence-corrected chi connectivity index (χ3v) is 4.59. The van der Waals surface area contributed by atoms with Crippen LogP contribution in [0, 0.1) is 10.1 Å². The number of benzene rings is 1. The van der Waals surface area contributed by atoms with E-state index in [1.807, 2.05) is 0 Å². The van der Waals surface area contributed by atoms with E-state index in [1.54, 1.807) is 11.0 Å². The molecule has 2 fully saturated rings. The van der Waals surface area contributed by atoms with Crippen molar-refractivity contribution < 1.29 is 9.72 Å². The van der Waals surface area contributed by atoms with Crippen molar-refractivity contribution in [2.75, 3.05) is 45.0 Å². The van der Waals surface area contributed by atoms with Gasteiger partial charge in [-0.3, -0.25) is 19.8 Å². The van der Waals surface area contributed by atoms with Gasteiger partial charge >= 0.3 is 0 Å². The van der Waals surface area contributed by atoms with Crippen molar-refractivity contribution in [1.29, 1.82) is 0 Å². The largest absolute Gasteiger partial charge is 0.393 e. The third-order valence-electron chi connectivity index (χ3n) is 4.59. The Bertz CT molecular complexity index is 615. The summed E-state index contributed by atoms with van der Waals surface area (Å²) in [6.45, 7) is 5.33. The Morgan fingerprint density at radius 1 is 1.30 bits per heavy atom. The van der Waals surface area contributed by atoms with E-state index in [0.29, 0.717) is 24.7 Å². The van der Waals surface area contributed by atoms with Crippen LogP contribution >= 0.6 is 0 Å². The molecular formula is C15H21N5O3. The molecule has 1 amide bonds. The number of piperazine rings is 1. The molecule has 2 aliphatic rings. The molecule has 3 N–H and O–H groups in total. The molecule has 0 radical (unpaired) electrons. The van der Waals surface area contributed by atoms with Crippen LogP contribution in [0.1, 0.15) is 16.8 Å². The van der Waals surface area contributed by atoms with Gasteiger partial charge in [0, 0.05) is 56.9 Å². The van der Waals surface area contributed by atoms with Gasteiger partial charge in [0.15, 0.2) is 0 Å². The SMILES string of the molecule is Nc1ccc(C(=O)N2CCC(N3CCNCC3)C2)cc1[N+](=O)[O-]. The molecule has 2 aliphatic heterocycles. The number of nitro benzene ring substituents is 1. The fourth-order valence-corrected chi connectivity index (χ4v) is 3.29. The molecule has 0 aliphatic carbocycles. The number of nitrogens with zero attached hydrogens (tertiary/aromatic N) is 3. The van der Waals surface area contributed by atoms with E-state index in [4.69, 9.17) is 5.73 Å². The lowest BCUT2D eigenvalue weighted by molar-refractivity contribution is -0.383. The molecule has 1 aromatic carbocycles. The van der Waals surface area contributed by atoms with Crippen molar-refractivity contribution in [2.24, 2.45) is 0 Å². The highest BCUT2D eigenvalue weighted by atomic mass is 16.6. The number of amides is 1. The van der Waals surface area contributed by atoms with Crippen molar-refractivity contribution in [3.05, 3.63) is 33.9 Å². The van der Waals surface area contributed by atoms with E-state index in [0.717, 1.165) is 32.6 Å². The Morgan fingerprint density at radius 3 is 2.74 bits per heavy atom. The number of anilines is 1. The number of rotatable bonds is 3. The molecule has 1 atom stereocenters.